The van der Waals surface area contributed by atoms with Crippen molar-refractivity contribution in [3.8, 4) is 0 Å². The van der Waals surface area contributed by atoms with E-state index in [0.29, 0.717) is 11.6 Å². The first kappa shape index (κ1) is 26.5. The summed E-state index contributed by atoms with van der Waals surface area (Å²) in [5.41, 5.74) is 5.06. The number of hydrogen-bond donors (Lipinski definition) is 1. The molecule has 0 saturated carbocycles. The number of carbonyl (C=O) groups is 5. The molecule has 9 nitrogen and oxygen atoms in total. The third kappa shape index (κ3) is 6.23. The molecular weight excluding hydrogens is 486 g/mol. The molecule has 0 aromatic heterocycles. The molecule has 38 heavy (non-hydrogen) atoms. The number of allylic oxidation sites excluding steroid dienone is 1. The van der Waals surface area contributed by atoms with Gasteiger partial charge in [0.2, 0.25) is 5.91 Å². The Labute approximate surface area is 220 Å². The number of hydroxylamine groups is 2. The summed E-state index contributed by atoms with van der Waals surface area (Å²) in [5.74, 6) is -2.54. The second-order valence-corrected chi connectivity index (χ2v) is 8.96. The van der Waals surface area contributed by atoms with E-state index in [2.05, 4.69) is 24.4 Å². The van der Waals surface area contributed by atoms with E-state index in [4.69, 9.17) is 4.84 Å². The van der Waals surface area contributed by atoms with Crippen molar-refractivity contribution in [1.82, 2.24) is 10.4 Å². The summed E-state index contributed by atoms with van der Waals surface area (Å²) in [5, 5.41) is 3.03. The topological polar surface area (TPSA) is 113 Å². The standard InChI is InChI=1S/C29H29N3O6/c1-2-20-18-21-8-4-6-11-24(21)31(19-22-9-3-5-10-23(20)22)26(34)16-17-30-25(33)12-7-13-29(37)38-32-27(35)14-15-28(32)36/h3-6,8-11,16-18H,2,7,12-15,19H2,1H3,(H,30,33)/b17-16-,20-18?. The lowest BCUT2D eigenvalue weighted by Crippen LogP contribution is -2.32. The first-order chi connectivity index (χ1) is 18.4. The zero-order valence-corrected chi connectivity index (χ0v) is 21.1. The molecule has 196 valence electrons. The molecule has 2 aromatic carbocycles. The molecule has 1 saturated heterocycles. The number of imide groups is 1. The van der Waals surface area contributed by atoms with Crippen LogP contribution in [0.25, 0.3) is 11.6 Å². The fourth-order valence-corrected chi connectivity index (χ4v) is 4.40. The number of nitrogens with zero attached hydrogens (tertiary/aromatic N) is 2. The van der Waals surface area contributed by atoms with Gasteiger partial charge in [0.05, 0.1) is 12.2 Å². The van der Waals surface area contributed by atoms with Crippen LogP contribution in [0.1, 0.15) is 62.1 Å². The first-order valence-electron chi connectivity index (χ1n) is 12.6. The van der Waals surface area contributed by atoms with Crippen LogP contribution in [0, 0.1) is 0 Å². The highest BCUT2D eigenvalue weighted by Crippen LogP contribution is 2.33. The minimum Gasteiger partial charge on any atom is -0.332 e. The van der Waals surface area contributed by atoms with Gasteiger partial charge in [-0.2, -0.15) is 0 Å². The van der Waals surface area contributed by atoms with Gasteiger partial charge in [-0.25, -0.2) is 4.79 Å². The van der Waals surface area contributed by atoms with Crippen molar-refractivity contribution in [1.29, 1.82) is 0 Å². The van der Waals surface area contributed by atoms with Crippen LogP contribution in [0.3, 0.4) is 0 Å². The predicted molar refractivity (Wildman–Crippen MR) is 141 cm³/mol. The maximum Gasteiger partial charge on any atom is 0.333 e. The van der Waals surface area contributed by atoms with Crippen molar-refractivity contribution in [3.05, 3.63) is 77.5 Å². The zero-order valence-electron chi connectivity index (χ0n) is 21.1. The van der Waals surface area contributed by atoms with Crippen molar-refractivity contribution < 1.29 is 28.8 Å². The highest BCUT2D eigenvalue weighted by Gasteiger charge is 2.32. The number of fused-ring (bicyclic) bond motifs is 2. The van der Waals surface area contributed by atoms with Crippen LogP contribution in [0.2, 0.25) is 0 Å². The molecule has 2 heterocycles. The fraction of sp³-hybridized carbons (Fsp3) is 0.276. The van der Waals surface area contributed by atoms with Crippen molar-refractivity contribution >= 4 is 46.9 Å². The zero-order chi connectivity index (χ0) is 27.1. The second kappa shape index (κ2) is 12.1. The Bertz CT molecular complexity index is 1310. The van der Waals surface area contributed by atoms with E-state index in [9.17, 15) is 24.0 Å². The largest absolute Gasteiger partial charge is 0.333 e. The van der Waals surface area contributed by atoms with Crippen LogP contribution < -0.4 is 10.2 Å². The summed E-state index contributed by atoms with van der Waals surface area (Å²) in [6, 6.07) is 15.7. The number of hydrogen-bond acceptors (Lipinski definition) is 6. The minimum absolute atomic E-state index is 0.0000354. The Morgan fingerprint density at radius 3 is 2.45 bits per heavy atom. The first-order valence-corrected chi connectivity index (χ1v) is 12.6. The average Bonchev–Trinajstić information content (AvgIpc) is 3.22. The van der Waals surface area contributed by atoms with Crippen molar-refractivity contribution in [2.75, 3.05) is 4.90 Å². The lowest BCUT2D eigenvalue weighted by molar-refractivity contribution is -0.197. The van der Waals surface area contributed by atoms with Gasteiger partial charge in [-0.15, -0.1) is 5.06 Å². The van der Waals surface area contributed by atoms with Gasteiger partial charge >= 0.3 is 5.97 Å². The third-order valence-electron chi connectivity index (χ3n) is 6.35. The summed E-state index contributed by atoms with van der Waals surface area (Å²) in [6.45, 7) is 2.49. The van der Waals surface area contributed by atoms with Gasteiger partial charge in [0.15, 0.2) is 0 Å². The SMILES string of the molecule is CCC1=Cc2ccccc2N(C(=O)/C=C\NC(=O)CCCC(=O)ON2C(=O)CCC2=O)Cc2ccccc21. The molecule has 0 atom stereocenters. The number of amides is 4. The smallest absolute Gasteiger partial charge is 0.332 e. The molecule has 0 spiro atoms. The molecule has 0 aliphatic carbocycles. The molecule has 1 fully saturated rings. The molecule has 0 unspecified atom stereocenters. The number of benzene rings is 2. The molecule has 9 heteroatoms. The quantitative estimate of drug-likeness (QED) is 0.422. The van der Waals surface area contributed by atoms with Gasteiger partial charge in [-0.3, -0.25) is 19.2 Å². The molecule has 0 bridgehead atoms. The number of nitrogens with one attached hydrogen (secondary N) is 1. The number of para-hydroxylation sites is 1. The Morgan fingerprint density at radius 1 is 0.974 bits per heavy atom. The van der Waals surface area contributed by atoms with E-state index in [1.54, 1.807) is 4.90 Å². The molecule has 2 aromatic rings. The highest BCUT2D eigenvalue weighted by molar-refractivity contribution is 6.04. The van der Waals surface area contributed by atoms with Crippen LogP contribution in [0.5, 0.6) is 0 Å². The Morgan fingerprint density at radius 2 is 1.68 bits per heavy atom. The van der Waals surface area contributed by atoms with Crippen LogP contribution in [-0.4, -0.2) is 34.7 Å². The van der Waals surface area contributed by atoms with Gasteiger partial charge in [-0.1, -0.05) is 49.4 Å². The second-order valence-electron chi connectivity index (χ2n) is 8.96. The summed E-state index contributed by atoms with van der Waals surface area (Å²) in [7, 11) is 0. The van der Waals surface area contributed by atoms with E-state index >= 15 is 0 Å². The average molecular weight is 516 g/mol. The van der Waals surface area contributed by atoms with Crippen LogP contribution >= 0.6 is 0 Å². The predicted octanol–water partition coefficient (Wildman–Crippen LogP) is 3.89. The van der Waals surface area contributed by atoms with Crippen molar-refractivity contribution in [2.45, 2.75) is 52.0 Å². The Balaban J connectivity index is 1.35. The number of rotatable bonds is 8. The fourth-order valence-electron chi connectivity index (χ4n) is 4.40. The monoisotopic (exact) mass is 515 g/mol. The molecule has 2 aliphatic heterocycles. The van der Waals surface area contributed by atoms with E-state index in [1.807, 2.05) is 42.5 Å². The molecule has 4 rings (SSSR count). The highest BCUT2D eigenvalue weighted by atomic mass is 16.7. The third-order valence-corrected chi connectivity index (χ3v) is 6.35. The molecule has 1 N–H and O–H groups in total. The van der Waals surface area contributed by atoms with E-state index in [0.717, 1.165) is 28.8 Å². The molecule has 4 amide bonds. The van der Waals surface area contributed by atoms with Crippen LogP contribution in [-0.2, 0) is 35.4 Å². The Kier molecular flexibility index (Phi) is 8.47. The van der Waals surface area contributed by atoms with Gasteiger partial charge < -0.3 is 15.1 Å². The molecule has 2 aliphatic rings. The summed E-state index contributed by atoms with van der Waals surface area (Å²) in [4.78, 5) is 66.8. The maximum absolute atomic E-state index is 13.2. The van der Waals surface area contributed by atoms with Crippen LogP contribution in [0.4, 0.5) is 5.69 Å². The number of anilines is 1. The van der Waals surface area contributed by atoms with Gasteiger partial charge in [0.25, 0.3) is 17.7 Å². The van der Waals surface area contributed by atoms with E-state index in [-0.39, 0.29) is 43.9 Å². The normalized spacial score (nSPS) is 14.9. The van der Waals surface area contributed by atoms with Crippen molar-refractivity contribution in [3.63, 3.8) is 0 Å². The van der Waals surface area contributed by atoms with E-state index < -0.39 is 17.8 Å². The summed E-state index contributed by atoms with van der Waals surface area (Å²) >= 11 is 0. The van der Waals surface area contributed by atoms with Crippen LogP contribution in [0.15, 0.2) is 60.8 Å². The maximum atomic E-state index is 13.2. The summed E-state index contributed by atoms with van der Waals surface area (Å²) in [6.07, 6.45) is 5.64. The van der Waals surface area contributed by atoms with Gasteiger partial charge in [-0.05, 0) is 47.2 Å². The minimum atomic E-state index is -0.761. The van der Waals surface area contributed by atoms with E-state index in [1.165, 1.54) is 17.8 Å². The number of carbonyl (C=O) groups excluding carboxylic acids is 5. The lowest BCUT2D eigenvalue weighted by atomic mass is 9.93. The van der Waals surface area contributed by atoms with Gasteiger partial charge in [0.1, 0.15) is 0 Å². The molecular formula is C29H29N3O6. The molecule has 0 radical (unpaired) electrons. The Hall–Kier alpha value is -4.53. The van der Waals surface area contributed by atoms with Crippen molar-refractivity contribution in [2.24, 2.45) is 0 Å². The lowest BCUT2D eigenvalue weighted by Gasteiger charge is -2.27. The summed E-state index contributed by atoms with van der Waals surface area (Å²) < 4.78 is 0. The van der Waals surface area contributed by atoms with Gasteiger partial charge in [0, 0.05) is 38.0 Å².